The second-order valence-corrected chi connectivity index (χ2v) is 21.4. The molecular weight excluding hydrogens is 983 g/mol. The van der Waals surface area contributed by atoms with Gasteiger partial charge in [-0.05, 0) is 134 Å². The number of nitro benzene ring substituents is 1. The number of nitro groups is 1. The average Bonchev–Trinajstić information content (AvgIpc) is 3.98. The number of hydrogen-bond donors (Lipinski definition) is 2. The van der Waals surface area contributed by atoms with E-state index >= 15 is 4.79 Å². The Labute approximate surface area is 453 Å². The van der Waals surface area contributed by atoms with Crippen LogP contribution in [0.3, 0.4) is 0 Å². The van der Waals surface area contributed by atoms with Crippen molar-refractivity contribution in [2.75, 3.05) is 32.9 Å². The van der Waals surface area contributed by atoms with E-state index < -0.39 is 22.7 Å². The first-order valence-corrected chi connectivity index (χ1v) is 28.9. The highest BCUT2D eigenvalue weighted by molar-refractivity contribution is 7.98. The minimum atomic E-state index is -1.47. The number of ether oxygens (including phenoxy) is 5. The van der Waals surface area contributed by atoms with Crippen LogP contribution in [0, 0.1) is 27.9 Å². The Morgan fingerprint density at radius 2 is 1.53 bits per heavy atom. The summed E-state index contributed by atoms with van der Waals surface area (Å²) in [4.78, 5) is 36.0. The molecule has 15 heteroatoms. The predicted molar refractivity (Wildman–Crippen MR) is 296 cm³/mol. The lowest BCUT2D eigenvalue weighted by atomic mass is 9.55. The molecule has 4 aromatic rings. The van der Waals surface area contributed by atoms with Crippen LogP contribution in [-0.4, -0.2) is 76.4 Å². The summed E-state index contributed by atoms with van der Waals surface area (Å²) < 4.78 is 33.1. The molecule has 0 aromatic heterocycles. The van der Waals surface area contributed by atoms with E-state index in [1.165, 1.54) is 44.2 Å². The SMILES string of the molecule is C=CCO[C@@]12Oc3ccc(Oc4ccc(SC)cc4)cc3[C@H]3[C@H](CCCCO)[C@@H](CCCCO)C=C(C(=NOCc4ccc([N+](=O)[O-])cc4)C[C@@H]1N(Cc1ccc4c(c1)OCO4)C(=O)CCCCCCCCCCC)[C@H]32. The van der Waals surface area contributed by atoms with Gasteiger partial charge in [-0.2, -0.15) is 0 Å². The summed E-state index contributed by atoms with van der Waals surface area (Å²) in [7, 11) is 0. The lowest BCUT2D eigenvalue weighted by Gasteiger charge is -2.60. The zero-order valence-corrected chi connectivity index (χ0v) is 45.2. The van der Waals surface area contributed by atoms with Crippen molar-refractivity contribution in [1.82, 2.24) is 4.90 Å². The van der Waals surface area contributed by atoms with Crippen LogP contribution in [0.25, 0.3) is 0 Å². The zero-order valence-electron chi connectivity index (χ0n) is 44.4. The van der Waals surface area contributed by atoms with E-state index in [0.29, 0.717) is 59.3 Å². The number of thioether (sulfide) groups is 1. The fourth-order valence-corrected chi connectivity index (χ4v) is 12.1. The smallest absolute Gasteiger partial charge is 0.269 e. The molecule has 1 saturated carbocycles. The van der Waals surface area contributed by atoms with E-state index in [0.717, 1.165) is 73.0 Å². The van der Waals surface area contributed by atoms with Crippen molar-refractivity contribution >= 4 is 29.1 Å². The molecule has 2 heterocycles. The predicted octanol–water partition coefficient (Wildman–Crippen LogP) is 13.6. The molecule has 2 N–H and O–H groups in total. The van der Waals surface area contributed by atoms with Crippen molar-refractivity contribution < 1.29 is 48.5 Å². The summed E-state index contributed by atoms with van der Waals surface area (Å²) >= 11 is 1.66. The maximum atomic E-state index is 15.5. The zero-order chi connectivity index (χ0) is 53.3. The lowest BCUT2D eigenvalue weighted by Crippen LogP contribution is -2.70. The molecule has 1 amide bonds. The third-order valence-electron chi connectivity index (χ3n) is 15.5. The van der Waals surface area contributed by atoms with Crippen molar-refractivity contribution in [2.24, 2.45) is 22.9 Å². The van der Waals surface area contributed by atoms with E-state index in [2.05, 4.69) is 25.6 Å². The minimum absolute atomic E-state index is 0.00507. The Morgan fingerprint density at radius 1 is 0.842 bits per heavy atom. The number of benzene rings is 4. The molecule has 14 nitrogen and oxygen atoms in total. The summed E-state index contributed by atoms with van der Waals surface area (Å²) in [5.41, 5.74) is 4.05. The molecule has 4 aromatic carbocycles. The molecule has 8 rings (SSSR count). The number of amides is 1. The number of oxime groups is 1. The van der Waals surface area contributed by atoms with Crippen LogP contribution in [0.4, 0.5) is 5.69 Å². The van der Waals surface area contributed by atoms with E-state index in [1.807, 2.05) is 65.8 Å². The van der Waals surface area contributed by atoms with E-state index in [-0.39, 0.29) is 75.5 Å². The Bertz CT molecular complexity index is 2610. The molecule has 0 bridgehead atoms. The first-order valence-electron chi connectivity index (χ1n) is 27.6. The van der Waals surface area contributed by atoms with Gasteiger partial charge in [-0.25, -0.2) is 0 Å². The molecule has 6 atom stereocenters. The van der Waals surface area contributed by atoms with Crippen LogP contribution < -0.4 is 18.9 Å². The van der Waals surface area contributed by atoms with Gasteiger partial charge in [-0.3, -0.25) is 14.9 Å². The van der Waals surface area contributed by atoms with Crippen molar-refractivity contribution in [2.45, 2.75) is 152 Å². The number of unbranched alkanes of at least 4 members (excludes halogenated alkanes) is 10. The number of carbonyl (C=O) groups excluding carboxylic acids is 1. The monoisotopic (exact) mass is 1060 g/mol. The van der Waals surface area contributed by atoms with Gasteiger partial charge in [0.2, 0.25) is 18.5 Å². The maximum absolute atomic E-state index is 15.5. The lowest BCUT2D eigenvalue weighted by molar-refractivity contribution is -0.384. The van der Waals surface area contributed by atoms with Gasteiger partial charge >= 0.3 is 0 Å². The molecule has 408 valence electrons. The van der Waals surface area contributed by atoms with Crippen LogP contribution >= 0.6 is 11.8 Å². The molecule has 0 spiro atoms. The van der Waals surface area contributed by atoms with Gasteiger partial charge in [-0.15, -0.1) is 18.3 Å². The third kappa shape index (κ3) is 13.8. The van der Waals surface area contributed by atoms with Crippen LogP contribution in [0.2, 0.25) is 0 Å². The largest absolute Gasteiger partial charge is 0.459 e. The number of fused-ring (bicyclic) bond motifs is 3. The molecule has 0 saturated heterocycles. The number of aliphatic hydroxyl groups excluding tert-OH is 2. The summed E-state index contributed by atoms with van der Waals surface area (Å²) in [6.45, 7) is 7.00. The van der Waals surface area contributed by atoms with E-state index in [9.17, 15) is 20.3 Å². The van der Waals surface area contributed by atoms with Crippen molar-refractivity contribution in [1.29, 1.82) is 0 Å². The number of hydrogen-bond acceptors (Lipinski definition) is 13. The highest BCUT2D eigenvalue weighted by Gasteiger charge is 2.65. The third-order valence-corrected chi connectivity index (χ3v) is 16.2. The van der Waals surface area contributed by atoms with Gasteiger partial charge in [0.1, 0.15) is 29.9 Å². The Morgan fingerprint density at radius 3 is 2.24 bits per heavy atom. The van der Waals surface area contributed by atoms with Gasteiger partial charge in [0.25, 0.3) is 5.69 Å². The van der Waals surface area contributed by atoms with E-state index in [4.69, 9.17) is 33.7 Å². The van der Waals surface area contributed by atoms with Gasteiger partial charge < -0.3 is 43.6 Å². The topological polar surface area (TPSA) is 172 Å². The number of rotatable bonds is 31. The van der Waals surface area contributed by atoms with Crippen molar-refractivity contribution in [3.63, 3.8) is 0 Å². The first kappa shape index (κ1) is 56.3. The second kappa shape index (κ2) is 28.0. The summed E-state index contributed by atoms with van der Waals surface area (Å²) in [5.74, 6) is 0.947. The van der Waals surface area contributed by atoms with E-state index in [1.54, 1.807) is 30.0 Å². The van der Waals surface area contributed by atoms with Crippen LogP contribution in [-0.2, 0) is 27.5 Å². The first-order chi connectivity index (χ1) is 37.2. The number of carbonyl (C=O) groups is 1. The molecule has 1 fully saturated rings. The average molecular weight is 1060 g/mol. The number of allylic oxidation sites excluding steroid dienone is 1. The Balaban J connectivity index is 1.27. The highest BCUT2D eigenvalue weighted by Crippen LogP contribution is 2.62. The van der Waals surface area contributed by atoms with Crippen molar-refractivity contribution in [3.8, 4) is 28.7 Å². The van der Waals surface area contributed by atoms with Gasteiger partial charge in [0.15, 0.2) is 11.5 Å². The summed E-state index contributed by atoms with van der Waals surface area (Å²) in [5, 5.41) is 36.8. The molecule has 2 aliphatic heterocycles. The number of nitrogens with zero attached hydrogens (tertiary/aromatic N) is 3. The summed E-state index contributed by atoms with van der Waals surface area (Å²) in [6, 6.07) is 25.3. The minimum Gasteiger partial charge on any atom is -0.459 e. The molecule has 76 heavy (non-hydrogen) atoms. The highest BCUT2D eigenvalue weighted by atomic mass is 32.2. The maximum Gasteiger partial charge on any atom is 0.269 e. The second-order valence-electron chi connectivity index (χ2n) is 20.5. The fourth-order valence-electron chi connectivity index (χ4n) is 11.7. The number of aliphatic hydroxyl groups is 2. The van der Waals surface area contributed by atoms with Gasteiger partial charge in [-0.1, -0.05) is 94.5 Å². The van der Waals surface area contributed by atoms with Crippen LogP contribution in [0.1, 0.15) is 139 Å². The standard InChI is InChI=1S/C61H77N3O11S/c1-4-6-7-8-9-10-11-12-13-20-58(67)63(40-44-23-31-55-56(36-44)71-42-70-55)57-39-53(62-73-41-43-21-24-46(25-22-43)64(68)69)51-37-45(18-14-16-33-65)50(19-15-17-34-66)59-52-38-48(74-47-26-29-49(76-3)30-27-47)28-32-54(52)75-61(57,60(51)59)72-35-5-2/h5,21-32,36-38,45,50,57,59-60,65-66H,2,4,6-20,33-35,39-42H2,1,3H3/t45-,50+,57-,59+,60+,61+/m0/s1. The molecule has 0 unspecified atom stereocenters. The molecular formula is C61H77N3O11S. The Hall–Kier alpha value is -5.87. The molecule has 2 aliphatic carbocycles. The molecule has 0 radical (unpaired) electrons. The quantitative estimate of drug-likeness (QED) is 0.0161. The fraction of sp³-hybridized carbons (Fsp3) is 0.508. The van der Waals surface area contributed by atoms with Gasteiger partial charge in [0.05, 0.1) is 23.2 Å². The van der Waals surface area contributed by atoms with Crippen LogP contribution in [0.15, 0.2) is 119 Å². The van der Waals surface area contributed by atoms with Crippen LogP contribution in [0.5, 0.6) is 28.7 Å². The number of non-ortho nitro benzene ring substituents is 1. The Kier molecular flexibility index (Phi) is 20.7. The normalized spacial score (nSPS) is 21.5. The summed E-state index contributed by atoms with van der Waals surface area (Å²) in [6.07, 6.45) is 21.1. The van der Waals surface area contributed by atoms with Gasteiger partial charge in [0, 0.05) is 61.1 Å². The van der Waals surface area contributed by atoms with Crippen molar-refractivity contribution in [3.05, 3.63) is 136 Å². The molecule has 4 aliphatic rings.